The van der Waals surface area contributed by atoms with Crippen LogP contribution in [0.15, 0.2) is 29.2 Å². The zero-order chi connectivity index (χ0) is 14.1. The van der Waals surface area contributed by atoms with Crippen LogP contribution in [-0.2, 0) is 0 Å². The highest BCUT2D eigenvalue weighted by Gasteiger charge is 2.38. The zero-order valence-electron chi connectivity index (χ0n) is 12.1. The second-order valence-electron chi connectivity index (χ2n) is 5.87. The maximum Gasteiger partial charge on any atom is 0.251 e. The summed E-state index contributed by atoms with van der Waals surface area (Å²) in [6.45, 7) is 0. The van der Waals surface area contributed by atoms with Crippen LogP contribution in [0.3, 0.4) is 0 Å². The van der Waals surface area contributed by atoms with Crippen molar-refractivity contribution in [1.29, 1.82) is 0 Å². The normalized spacial score (nSPS) is 29.4. The molecule has 4 heteroatoms. The highest BCUT2D eigenvalue weighted by atomic mass is 32.2. The average molecular weight is 290 g/mol. The molecule has 2 unspecified atom stereocenters. The number of benzene rings is 1. The van der Waals surface area contributed by atoms with Crippen LogP contribution in [0.1, 0.15) is 36.0 Å². The lowest BCUT2D eigenvalue weighted by Crippen LogP contribution is -2.40. The van der Waals surface area contributed by atoms with Crippen LogP contribution < -0.4 is 5.32 Å². The van der Waals surface area contributed by atoms with Gasteiger partial charge >= 0.3 is 0 Å². The molecule has 0 radical (unpaired) electrons. The Morgan fingerprint density at radius 1 is 1.20 bits per heavy atom. The Morgan fingerprint density at radius 3 is 2.35 bits per heavy atom. The Morgan fingerprint density at radius 2 is 1.80 bits per heavy atom. The molecule has 1 aromatic carbocycles. The minimum atomic E-state index is -0.0149. The van der Waals surface area contributed by atoms with Gasteiger partial charge in [-0.15, -0.1) is 11.8 Å². The fourth-order valence-electron chi connectivity index (χ4n) is 3.48. The van der Waals surface area contributed by atoms with Gasteiger partial charge in [-0.1, -0.05) is 0 Å². The maximum absolute atomic E-state index is 11.5. The molecular weight excluding hydrogens is 268 g/mol. The highest BCUT2D eigenvalue weighted by molar-refractivity contribution is 8.00. The van der Waals surface area contributed by atoms with Crippen LogP contribution in [0.5, 0.6) is 0 Å². The van der Waals surface area contributed by atoms with Gasteiger partial charge in [-0.3, -0.25) is 4.79 Å². The van der Waals surface area contributed by atoms with E-state index >= 15 is 0 Å². The van der Waals surface area contributed by atoms with Crippen molar-refractivity contribution in [3.05, 3.63) is 29.8 Å². The topological polar surface area (TPSA) is 32.3 Å². The first-order valence-electron chi connectivity index (χ1n) is 7.38. The Bertz CT molecular complexity index is 474. The van der Waals surface area contributed by atoms with E-state index in [1.807, 2.05) is 23.9 Å². The molecule has 2 aliphatic heterocycles. The van der Waals surface area contributed by atoms with Gasteiger partial charge in [-0.2, -0.15) is 0 Å². The number of amides is 1. The van der Waals surface area contributed by atoms with E-state index in [4.69, 9.17) is 0 Å². The number of fused-ring (bicyclic) bond motifs is 2. The molecule has 2 bridgehead atoms. The third kappa shape index (κ3) is 2.72. The molecule has 0 spiro atoms. The van der Waals surface area contributed by atoms with Crippen LogP contribution in [0.4, 0.5) is 0 Å². The van der Waals surface area contributed by atoms with Crippen molar-refractivity contribution in [1.82, 2.24) is 10.2 Å². The number of piperidine rings is 1. The van der Waals surface area contributed by atoms with Crippen molar-refractivity contribution >= 4 is 17.7 Å². The van der Waals surface area contributed by atoms with E-state index in [-0.39, 0.29) is 5.91 Å². The molecule has 108 valence electrons. The minimum absolute atomic E-state index is 0.0149. The Kier molecular flexibility index (Phi) is 4.03. The second kappa shape index (κ2) is 5.78. The number of nitrogens with zero attached hydrogens (tertiary/aromatic N) is 1. The van der Waals surface area contributed by atoms with Crippen LogP contribution in [0, 0.1) is 0 Å². The molecular formula is C16H22N2OS. The lowest BCUT2D eigenvalue weighted by molar-refractivity contribution is 0.0963. The Balaban J connectivity index is 1.62. The standard InChI is InChI=1S/C16H22N2OS/c1-17-16(19)11-3-7-14(8-4-11)20-15-9-12-5-6-13(10-15)18(12)2/h3-4,7-8,12-13,15H,5-6,9-10H2,1-2H3,(H,17,19). The van der Waals surface area contributed by atoms with Gasteiger partial charge in [0.15, 0.2) is 0 Å². The largest absolute Gasteiger partial charge is 0.355 e. The smallest absolute Gasteiger partial charge is 0.251 e. The van der Waals surface area contributed by atoms with Gasteiger partial charge < -0.3 is 10.2 Å². The second-order valence-corrected chi connectivity index (χ2v) is 7.24. The quantitative estimate of drug-likeness (QED) is 0.929. The monoisotopic (exact) mass is 290 g/mol. The first kappa shape index (κ1) is 14.0. The van der Waals surface area contributed by atoms with E-state index in [0.717, 1.165) is 22.9 Å². The number of thioether (sulfide) groups is 1. The number of nitrogens with one attached hydrogen (secondary N) is 1. The van der Waals surface area contributed by atoms with Crippen LogP contribution in [-0.4, -0.2) is 42.2 Å². The van der Waals surface area contributed by atoms with Crippen LogP contribution in [0.25, 0.3) is 0 Å². The molecule has 2 fully saturated rings. The molecule has 20 heavy (non-hydrogen) atoms. The van der Waals surface area contributed by atoms with Crippen molar-refractivity contribution in [2.75, 3.05) is 14.1 Å². The summed E-state index contributed by atoms with van der Waals surface area (Å²) in [7, 11) is 3.95. The SMILES string of the molecule is CNC(=O)c1ccc(SC2CC3CCC(C2)N3C)cc1. The minimum Gasteiger partial charge on any atom is -0.355 e. The summed E-state index contributed by atoms with van der Waals surface area (Å²) in [6.07, 6.45) is 5.34. The number of carbonyl (C=O) groups excluding carboxylic acids is 1. The number of hydrogen-bond donors (Lipinski definition) is 1. The van der Waals surface area contributed by atoms with E-state index in [9.17, 15) is 4.79 Å². The molecule has 2 saturated heterocycles. The van der Waals surface area contributed by atoms with Crippen molar-refractivity contribution in [2.45, 2.75) is 47.9 Å². The third-order valence-electron chi connectivity index (χ3n) is 4.70. The van der Waals surface area contributed by atoms with Crippen LogP contribution >= 0.6 is 11.8 Å². The fraction of sp³-hybridized carbons (Fsp3) is 0.562. The van der Waals surface area contributed by atoms with Crippen LogP contribution in [0.2, 0.25) is 0 Å². The van der Waals surface area contributed by atoms with Gasteiger partial charge in [-0.25, -0.2) is 0 Å². The van der Waals surface area contributed by atoms with Crippen molar-refractivity contribution in [2.24, 2.45) is 0 Å². The summed E-state index contributed by atoms with van der Waals surface area (Å²) in [5.41, 5.74) is 0.736. The predicted molar refractivity (Wildman–Crippen MR) is 83.3 cm³/mol. The maximum atomic E-state index is 11.5. The van der Waals surface area contributed by atoms with Gasteiger partial charge in [0.1, 0.15) is 0 Å². The fourth-order valence-corrected chi connectivity index (χ4v) is 4.79. The molecule has 3 nitrogen and oxygen atoms in total. The molecule has 0 aromatic heterocycles. The van der Waals surface area contributed by atoms with E-state index in [1.165, 1.54) is 30.6 Å². The molecule has 3 rings (SSSR count). The van der Waals surface area contributed by atoms with Crippen molar-refractivity contribution in [3.63, 3.8) is 0 Å². The zero-order valence-corrected chi connectivity index (χ0v) is 13.0. The summed E-state index contributed by atoms with van der Waals surface area (Å²) in [6, 6.07) is 9.58. The van der Waals surface area contributed by atoms with E-state index in [2.05, 4.69) is 29.4 Å². The van der Waals surface area contributed by atoms with Crippen molar-refractivity contribution in [3.8, 4) is 0 Å². The third-order valence-corrected chi connectivity index (χ3v) is 5.96. The van der Waals surface area contributed by atoms with Gasteiger partial charge in [-0.05, 0) is 57.0 Å². The molecule has 2 heterocycles. The molecule has 2 atom stereocenters. The summed E-state index contributed by atoms with van der Waals surface area (Å²) in [4.78, 5) is 15.4. The first-order valence-corrected chi connectivity index (χ1v) is 8.26. The molecule has 2 aliphatic rings. The molecule has 0 aliphatic carbocycles. The highest BCUT2D eigenvalue weighted by Crippen LogP contribution is 2.41. The predicted octanol–water partition coefficient (Wildman–Crippen LogP) is 2.76. The Labute approximate surface area is 125 Å². The van der Waals surface area contributed by atoms with E-state index < -0.39 is 0 Å². The number of rotatable bonds is 3. The summed E-state index contributed by atoms with van der Waals surface area (Å²) < 4.78 is 0. The van der Waals surface area contributed by atoms with Crippen molar-refractivity contribution < 1.29 is 4.79 Å². The summed E-state index contributed by atoms with van der Waals surface area (Å²) in [5, 5.41) is 3.39. The average Bonchev–Trinajstić information content (AvgIpc) is 2.69. The number of hydrogen-bond acceptors (Lipinski definition) is 3. The molecule has 1 N–H and O–H groups in total. The van der Waals surface area contributed by atoms with Gasteiger partial charge in [0, 0.05) is 34.8 Å². The van der Waals surface area contributed by atoms with E-state index in [1.54, 1.807) is 7.05 Å². The molecule has 0 saturated carbocycles. The van der Waals surface area contributed by atoms with Gasteiger partial charge in [0.25, 0.3) is 5.91 Å². The summed E-state index contributed by atoms with van der Waals surface area (Å²) in [5.74, 6) is -0.0149. The lowest BCUT2D eigenvalue weighted by atomic mass is 10.0. The Hall–Kier alpha value is -1.00. The first-order chi connectivity index (χ1) is 9.67. The van der Waals surface area contributed by atoms with Gasteiger partial charge in [0.2, 0.25) is 0 Å². The molecule has 1 aromatic rings. The molecule has 1 amide bonds. The van der Waals surface area contributed by atoms with Gasteiger partial charge in [0.05, 0.1) is 0 Å². The van der Waals surface area contributed by atoms with E-state index in [0.29, 0.717) is 0 Å². The lowest BCUT2D eigenvalue weighted by Gasteiger charge is -2.36. The summed E-state index contributed by atoms with van der Waals surface area (Å²) >= 11 is 1.98. The number of carbonyl (C=O) groups is 1.